The Bertz CT molecular complexity index is 343. The minimum Gasteiger partial charge on any atom is -0.465 e. The number of nitrogens with two attached hydrogens (primary N) is 1. The van der Waals surface area contributed by atoms with E-state index in [-0.39, 0.29) is 0 Å². The van der Waals surface area contributed by atoms with Crippen LogP contribution in [-0.4, -0.2) is 31.1 Å². The number of likely N-dealkylation sites (tertiary alicyclic amines) is 1. The molecule has 88 valence electrons. The van der Waals surface area contributed by atoms with Crippen LogP contribution in [0.25, 0.3) is 6.08 Å². The summed E-state index contributed by atoms with van der Waals surface area (Å²) < 4.78 is 5.30. The van der Waals surface area contributed by atoms with E-state index in [1.807, 2.05) is 12.1 Å². The van der Waals surface area contributed by atoms with E-state index in [0.29, 0.717) is 5.92 Å². The monoisotopic (exact) mass is 220 g/mol. The lowest BCUT2D eigenvalue weighted by Gasteiger charge is -2.15. The molecule has 1 aliphatic heterocycles. The van der Waals surface area contributed by atoms with Gasteiger partial charge < -0.3 is 10.2 Å². The first-order valence-electron chi connectivity index (χ1n) is 5.91. The fraction of sp³-hybridized carbons (Fsp3) is 0.538. The van der Waals surface area contributed by atoms with Crippen LogP contribution in [0.2, 0.25) is 0 Å². The van der Waals surface area contributed by atoms with Gasteiger partial charge in [0.1, 0.15) is 5.76 Å². The Morgan fingerprint density at radius 3 is 3.19 bits per heavy atom. The summed E-state index contributed by atoms with van der Waals surface area (Å²) in [4.78, 5) is 2.46. The minimum atomic E-state index is 0.691. The van der Waals surface area contributed by atoms with Gasteiger partial charge in [0.25, 0.3) is 0 Å². The van der Waals surface area contributed by atoms with Gasteiger partial charge >= 0.3 is 0 Å². The van der Waals surface area contributed by atoms with Crippen LogP contribution in [0.4, 0.5) is 0 Å². The highest BCUT2D eigenvalue weighted by Gasteiger charge is 2.20. The van der Waals surface area contributed by atoms with Crippen LogP contribution in [0.15, 0.2) is 28.4 Å². The van der Waals surface area contributed by atoms with Crippen LogP contribution < -0.4 is 5.73 Å². The van der Waals surface area contributed by atoms with Gasteiger partial charge in [-0.3, -0.25) is 4.90 Å². The van der Waals surface area contributed by atoms with Crippen molar-refractivity contribution >= 4 is 6.08 Å². The number of hydrogen-bond donors (Lipinski definition) is 1. The van der Waals surface area contributed by atoms with E-state index in [1.54, 1.807) is 6.26 Å². The van der Waals surface area contributed by atoms with E-state index < -0.39 is 0 Å². The van der Waals surface area contributed by atoms with Gasteiger partial charge in [0.05, 0.1) is 6.26 Å². The van der Waals surface area contributed by atoms with Crippen LogP contribution in [0.3, 0.4) is 0 Å². The molecule has 0 saturated carbocycles. The lowest BCUT2D eigenvalue weighted by Crippen LogP contribution is -2.24. The van der Waals surface area contributed by atoms with Crippen LogP contribution in [0, 0.1) is 5.92 Å². The van der Waals surface area contributed by atoms with E-state index in [1.165, 1.54) is 18.5 Å². The zero-order valence-electron chi connectivity index (χ0n) is 9.86. The summed E-state index contributed by atoms with van der Waals surface area (Å²) in [7, 11) is 0. The lowest BCUT2D eigenvalue weighted by atomic mass is 10.1. The van der Waals surface area contributed by atoms with Gasteiger partial charge in [-0.1, -0.05) is 5.57 Å². The average molecular weight is 220 g/mol. The van der Waals surface area contributed by atoms with Crippen LogP contribution in [0.5, 0.6) is 0 Å². The first kappa shape index (κ1) is 11.4. The molecule has 1 unspecified atom stereocenters. The van der Waals surface area contributed by atoms with Crippen LogP contribution >= 0.6 is 0 Å². The van der Waals surface area contributed by atoms with Gasteiger partial charge in [-0.25, -0.2) is 0 Å². The second-order valence-corrected chi connectivity index (χ2v) is 4.63. The third kappa shape index (κ3) is 2.97. The molecule has 0 spiro atoms. The molecule has 1 aromatic rings. The van der Waals surface area contributed by atoms with Gasteiger partial charge in [-0.2, -0.15) is 0 Å². The van der Waals surface area contributed by atoms with Crippen molar-refractivity contribution in [3.63, 3.8) is 0 Å². The SMILES string of the molecule is C/C(=C\c1ccco1)CN1CCC(CN)C1. The first-order chi connectivity index (χ1) is 7.78. The van der Waals surface area contributed by atoms with Crippen molar-refractivity contribution in [3.05, 3.63) is 29.7 Å². The van der Waals surface area contributed by atoms with Crippen molar-refractivity contribution in [3.8, 4) is 0 Å². The fourth-order valence-electron chi connectivity index (χ4n) is 2.26. The molecule has 0 amide bonds. The summed E-state index contributed by atoms with van der Waals surface area (Å²) >= 11 is 0. The molecular formula is C13H20N2O. The number of furan rings is 1. The highest BCUT2D eigenvalue weighted by molar-refractivity contribution is 5.46. The Labute approximate surface area is 96.9 Å². The second-order valence-electron chi connectivity index (χ2n) is 4.63. The number of hydrogen-bond acceptors (Lipinski definition) is 3. The molecule has 3 heteroatoms. The molecule has 3 nitrogen and oxygen atoms in total. The maximum Gasteiger partial charge on any atom is 0.126 e. The zero-order chi connectivity index (χ0) is 11.4. The van der Waals surface area contributed by atoms with Gasteiger partial charge in [-0.15, -0.1) is 0 Å². The summed E-state index contributed by atoms with van der Waals surface area (Å²) in [5.41, 5.74) is 7.02. The van der Waals surface area contributed by atoms with Crippen LogP contribution in [0.1, 0.15) is 19.1 Å². The Morgan fingerprint density at radius 2 is 2.56 bits per heavy atom. The standard InChI is InChI=1S/C13H20N2O/c1-11(7-13-3-2-6-16-13)9-15-5-4-12(8-14)10-15/h2-3,6-7,12H,4-5,8-10,14H2,1H3/b11-7+. The molecule has 1 aromatic heterocycles. The largest absolute Gasteiger partial charge is 0.465 e. The third-order valence-corrected chi connectivity index (χ3v) is 3.11. The molecule has 1 saturated heterocycles. The smallest absolute Gasteiger partial charge is 0.126 e. The average Bonchev–Trinajstić information content (AvgIpc) is 2.89. The van der Waals surface area contributed by atoms with Crippen molar-refractivity contribution < 1.29 is 4.42 Å². The molecule has 2 rings (SSSR count). The van der Waals surface area contributed by atoms with E-state index in [0.717, 1.165) is 25.4 Å². The Morgan fingerprint density at radius 1 is 1.69 bits per heavy atom. The molecule has 2 N–H and O–H groups in total. The van der Waals surface area contributed by atoms with Gasteiger partial charge in [0.2, 0.25) is 0 Å². The molecule has 1 aliphatic rings. The molecule has 0 aromatic carbocycles. The first-order valence-corrected chi connectivity index (χ1v) is 5.91. The maximum absolute atomic E-state index is 5.68. The quantitative estimate of drug-likeness (QED) is 0.843. The van der Waals surface area contributed by atoms with E-state index >= 15 is 0 Å². The molecule has 2 heterocycles. The van der Waals surface area contributed by atoms with Gasteiger partial charge in [-0.05, 0) is 50.6 Å². The van der Waals surface area contributed by atoms with Crippen LogP contribution in [-0.2, 0) is 0 Å². The summed E-state index contributed by atoms with van der Waals surface area (Å²) in [6.07, 6.45) is 5.06. The summed E-state index contributed by atoms with van der Waals surface area (Å²) in [5.74, 6) is 1.63. The predicted molar refractivity (Wildman–Crippen MR) is 66.0 cm³/mol. The van der Waals surface area contributed by atoms with Crippen molar-refractivity contribution in [2.45, 2.75) is 13.3 Å². The Kier molecular flexibility index (Phi) is 3.80. The molecule has 1 fully saturated rings. The lowest BCUT2D eigenvalue weighted by molar-refractivity contribution is 0.353. The normalized spacial score (nSPS) is 22.9. The third-order valence-electron chi connectivity index (χ3n) is 3.11. The highest BCUT2D eigenvalue weighted by atomic mass is 16.3. The maximum atomic E-state index is 5.68. The Balaban J connectivity index is 1.86. The fourth-order valence-corrected chi connectivity index (χ4v) is 2.26. The zero-order valence-corrected chi connectivity index (χ0v) is 9.86. The highest BCUT2D eigenvalue weighted by Crippen LogP contribution is 2.17. The van der Waals surface area contributed by atoms with Crippen molar-refractivity contribution in [1.82, 2.24) is 4.90 Å². The molecule has 1 atom stereocenters. The van der Waals surface area contributed by atoms with E-state index in [4.69, 9.17) is 10.2 Å². The minimum absolute atomic E-state index is 0.691. The second kappa shape index (κ2) is 5.32. The van der Waals surface area contributed by atoms with E-state index in [2.05, 4.69) is 17.9 Å². The summed E-state index contributed by atoms with van der Waals surface area (Å²) in [6, 6.07) is 3.90. The number of nitrogens with zero attached hydrogens (tertiary/aromatic N) is 1. The van der Waals surface area contributed by atoms with Crippen molar-refractivity contribution in [1.29, 1.82) is 0 Å². The van der Waals surface area contributed by atoms with E-state index in [9.17, 15) is 0 Å². The summed E-state index contributed by atoms with van der Waals surface area (Å²) in [6.45, 7) is 6.30. The predicted octanol–water partition coefficient (Wildman–Crippen LogP) is 1.96. The van der Waals surface area contributed by atoms with Crippen molar-refractivity contribution in [2.24, 2.45) is 11.7 Å². The Hall–Kier alpha value is -1.06. The topological polar surface area (TPSA) is 42.4 Å². The molecule has 0 aliphatic carbocycles. The number of rotatable bonds is 4. The van der Waals surface area contributed by atoms with Gasteiger partial charge in [0.15, 0.2) is 0 Å². The molecule has 16 heavy (non-hydrogen) atoms. The summed E-state index contributed by atoms with van der Waals surface area (Å²) in [5, 5.41) is 0. The van der Waals surface area contributed by atoms with Gasteiger partial charge in [0, 0.05) is 13.1 Å². The molecular weight excluding hydrogens is 200 g/mol. The molecule has 0 radical (unpaired) electrons. The molecule has 0 bridgehead atoms. The van der Waals surface area contributed by atoms with Crippen molar-refractivity contribution in [2.75, 3.05) is 26.2 Å².